The van der Waals surface area contributed by atoms with Gasteiger partial charge in [-0.25, -0.2) is 0 Å². The molecule has 74 valence electrons. The van der Waals surface area contributed by atoms with Gasteiger partial charge in [-0.05, 0) is 47.0 Å². The molecule has 0 radical (unpaired) electrons. The fourth-order valence-corrected chi connectivity index (χ4v) is 1.56. The van der Waals surface area contributed by atoms with Crippen molar-refractivity contribution in [2.45, 2.75) is 27.7 Å². The highest BCUT2D eigenvalue weighted by Gasteiger charge is 2.06. The Labute approximate surface area is 93.4 Å². The molecule has 0 saturated heterocycles. The summed E-state index contributed by atoms with van der Waals surface area (Å²) in [4.78, 5) is 0. The van der Waals surface area contributed by atoms with Crippen LogP contribution in [0.15, 0.2) is 10.5 Å². The molecule has 1 aromatic rings. The fourth-order valence-electron chi connectivity index (χ4n) is 0.924. The average Bonchev–Trinajstić information content (AvgIpc) is 2.15. The second-order valence-corrected chi connectivity index (χ2v) is 3.73. The van der Waals surface area contributed by atoms with Gasteiger partial charge in [0, 0.05) is 10.2 Å². The maximum Gasteiger partial charge on any atom is 0.0554 e. The third kappa shape index (κ3) is 2.89. The van der Waals surface area contributed by atoms with Gasteiger partial charge < -0.3 is 5.73 Å². The Balaban J connectivity index is 0.000000671. The predicted molar refractivity (Wildman–Crippen MR) is 64.4 cm³/mol. The number of aryl methyl sites for hydroxylation is 1. The number of nitrogens with two attached hydrogens (primary N) is 1. The van der Waals surface area contributed by atoms with Gasteiger partial charge in [0.25, 0.3) is 0 Å². The number of hydrogen-bond donors (Lipinski definition) is 1. The molecule has 0 unspecified atom stereocenters. The van der Waals surface area contributed by atoms with Crippen LogP contribution < -0.4 is 5.73 Å². The monoisotopic (exact) mass is 263 g/mol. The molecule has 0 atom stereocenters. The summed E-state index contributed by atoms with van der Waals surface area (Å²) in [5.41, 5.74) is 8.60. The summed E-state index contributed by atoms with van der Waals surface area (Å²) in [5, 5.41) is 0.717. The van der Waals surface area contributed by atoms with Crippen molar-refractivity contribution >= 4 is 33.2 Å². The molecule has 1 rings (SSSR count). The lowest BCUT2D eigenvalue weighted by molar-refractivity contribution is 1.36. The van der Waals surface area contributed by atoms with Crippen LogP contribution in [-0.2, 0) is 0 Å². The number of halogens is 2. The van der Waals surface area contributed by atoms with E-state index >= 15 is 0 Å². The van der Waals surface area contributed by atoms with Gasteiger partial charge in [0.15, 0.2) is 0 Å². The highest BCUT2D eigenvalue weighted by Crippen LogP contribution is 2.32. The zero-order chi connectivity index (χ0) is 10.6. The lowest BCUT2D eigenvalue weighted by Crippen LogP contribution is -1.94. The van der Waals surface area contributed by atoms with E-state index in [2.05, 4.69) is 15.9 Å². The highest BCUT2D eigenvalue weighted by molar-refractivity contribution is 9.10. The van der Waals surface area contributed by atoms with Crippen LogP contribution in [0.25, 0.3) is 0 Å². The fraction of sp³-hybridized carbons (Fsp3) is 0.400. The normalized spacial score (nSPS) is 9.08. The molecule has 0 fully saturated rings. The van der Waals surface area contributed by atoms with Crippen molar-refractivity contribution in [2.24, 2.45) is 0 Å². The summed E-state index contributed by atoms with van der Waals surface area (Å²) >= 11 is 9.24. The van der Waals surface area contributed by atoms with Crippen LogP contribution >= 0.6 is 27.5 Å². The van der Waals surface area contributed by atoms with Crippen molar-refractivity contribution in [2.75, 3.05) is 5.73 Å². The molecule has 0 amide bonds. The van der Waals surface area contributed by atoms with Gasteiger partial charge in [0.1, 0.15) is 0 Å². The maximum absolute atomic E-state index is 5.89. The smallest absolute Gasteiger partial charge is 0.0554 e. The lowest BCUT2D eigenvalue weighted by atomic mass is 10.1. The number of rotatable bonds is 0. The van der Waals surface area contributed by atoms with E-state index in [1.807, 2.05) is 33.8 Å². The first-order valence-corrected chi connectivity index (χ1v) is 5.41. The third-order valence-corrected chi connectivity index (χ3v) is 3.26. The molecule has 1 aromatic carbocycles. The van der Waals surface area contributed by atoms with Crippen LogP contribution in [0, 0.1) is 13.8 Å². The van der Waals surface area contributed by atoms with Crippen molar-refractivity contribution in [1.29, 1.82) is 0 Å². The van der Waals surface area contributed by atoms with Gasteiger partial charge in [-0.2, -0.15) is 0 Å². The Morgan fingerprint density at radius 1 is 1.31 bits per heavy atom. The van der Waals surface area contributed by atoms with Crippen LogP contribution in [0.2, 0.25) is 5.02 Å². The van der Waals surface area contributed by atoms with E-state index in [0.29, 0.717) is 5.02 Å². The highest BCUT2D eigenvalue weighted by atomic mass is 79.9. The Kier molecular flexibility index (Phi) is 5.42. The molecule has 2 N–H and O–H groups in total. The molecule has 0 heterocycles. The van der Waals surface area contributed by atoms with Crippen molar-refractivity contribution in [3.8, 4) is 0 Å². The molecular formula is C10H15BrClN. The maximum atomic E-state index is 5.89. The Morgan fingerprint density at radius 3 is 2.23 bits per heavy atom. The molecule has 0 saturated carbocycles. The molecule has 0 bridgehead atoms. The standard InChI is InChI=1S/C8H9BrClN.C2H6/c1-4-3-6(10)7(9)5(2)8(4)11;1-2/h3H,11H2,1-2H3;1-2H3. The van der Waals surface area contributed by atoms with Gasteiger partial charge in [-0.3, -0.25) is 0 Å². The molecule has 13 heavy (non-hydrogen) atoms. The van der Waals surface area contributed by atoms with Gasteiger partial charge in [0.2, 0.25) is 0 Å². The quantitative estimate of drug-likeness (QED) is 0.694. The summed E-state index contributed by atoms with van der Waals surface area (Å²) in [5.74, 6) is 0. The van der Waals surface area contributed by atoms with E-state index in [-0.39, 0.29) is 0 Å². The summed E-state index contributed by atoms with van der Waals surface area (Å²) in [6.45, 7) is 7.89. The van der Waals surface area contributed by atoms with Crippen molar-refractivity contribution in [1.82, 2.24) is 0 Å². The third-order valence-electron chi connectivity index (χ3n) is 1.71. The first kappa shape index (κ1) is 12.8. The van der Waals surface area contributed by atoms with Crippen LogP contribution in [-0.4, -0.2) is 0 Å². The van der Waals surface area contributed by atoms with E-state index in [0.717, 1.165) is 21.3 Å². The van der Waals surface area contributed by atoms with Crippen molar-refractivity contribution < 1.29 is 0 Å². The second kappa shape index (κ2) is 5.51. The summed E-state index contributed by atoms with van der Waals surface area (Å²) < 4.78 is 0.891. The van der Waals surface area contributed by atoms with E-state index in [1.54, 1.807) is 0 Å². The Morgan fingerprint density at radius 2 is 1.77 bits per heavy atom. The lowest BCUT2D eigenvalue weighted by Gasteiger charge is -2.07. The van der Waals surface area contributed by atoms with Gasteiger partial charge in [-0.1, -0.05) is 25.4 Å². The van der Waals surface area contributed by atoms with Gasteiger partial charge in [0.05, 0.1) is 5.02 Å². The molecule has 3 heteroatoms. The summed E-state index contributed by atoms with van der Waals surface area (Å²) in [6.07, 6.45) is 0. The number of nitrogen functional groups attached to an aromatic ring is 1. The minimum absolute atomic E-state index is 0.717. The zero-order valence-corrected chi connectivity index (χ0v) is 10.8. The first-order chi connectivity index (χ1) is 6.04. The number of anilines is 1. The van der Waals surface area contributed by atoms with E-state index < -0.39 is 0 Å². The number of hydrogen-bond acceptors (Lipinski definition) is 1. The largest absolute Gasteiger partial charge is 0.398 e. The SMILES string of the molecule is CC.Cc1cc(Cl)c(Br)c(C)c1N. The van der Waals surface area contributed by atoms with Crippen LogP contribution in [0.1, 0.15) is 25.0 Å². The molecule has 1 nitrogen and oxygen atoms in total. The average molecular weight is 265 g/mol. The van der Waals surface area contributed by atoms with E-state index in [1.165, 1.54) is 0 Å². The molecular weight excluding hydrogens is 249 g/mol. The molecule has 0 aromatic heterocycles. The van der Waals surface area contributed by atoms with E-state index in [9.17, 15) is 0 Å². The van der Waals surface area contributed by atoms with Crippen molar-refractivity contribution in [3.05, 3.63) is 26.7 Å². The predicted octanol–water partition coefficient (Wildman–Crippen LogP) is 4.33. The second-order valence-electron chi connectivity index (χ2n) is 2.53. The summed E-state index contributed by atoms with van der Waals surface area (Å²) in [6, 6.07) is 1.86. The number of benzene rings is 1. The molecule has 0 aliphatic carbocycles. The van der Waals surface area contributed by atoms with E-state index in [4.69, 9.17) is 17.3 Å². The van der Waals surface area contributed by atoms with Crippen LogP contribution in [0.4, 0.5) is 5.69 Å². The van der Waals surface area contributed by atoms with Gasteiger partial charge in [-0.15, -0.1) is 0 Å². The first-order valence-electron chi connectivity index (χ1n) is 4.24. The van der Waals surface area contributed by atoms with Crippen LogP contribution in [0.3, 0.4) is 0 Å². The van der Waals surface area contributed by atoms with Gasteiger partial charge >= 0.3 is 0 Å². The molecule has 0 aliphatic rings. The van der Waals surface area contributed by atoms with Crippen LogP contribution in [0.5, 0.6) is 0 Å². The molecule has 0 spiro atoms. The minimum Gasteiger partial charge on any atom is -0.398 e. The van der Waals surface area contributed by atoms with Crippen molar-refractivity contribution in [3.63, 3.8) is 0 Å². The minimum atomic E-state index is 0.717. The summed E-state index contributed by atoms with van der Waals surface area (Å²) in [7, 11) is 0. The molecule has 0 aliphatic heterocycles. The Hall–Kier alpha value is -0.210. The Bertz CT molecular complexity index is 271. The zero-order valence-electron chi connectivity index (χ0n) is 8.41. The topological polar surface area (TPSA) is 26.0 Å².